The molecule has 1 fully saturated rings. The number of carbonyl (C=O) groups is 1. The second-order valence-electron chi connectivity index (χ2n) is 9.14. The molecular formula is C29H19Cl3N2O5. The average Bonchev–Trinajstić information content (AvgIpc) is 3.50. The zero-order chi connectivity index (χ0) is 27.1. The number of aromatic nitrogens is 2. The van der Waals surface area contributed by atoms with Crippen LogP contribution < -0.4 is 4.74 Å². The van der Waals surface area contributed by atoms with E-state index in [1.165, 1.54) is 12.1 Å². The van der Waals surface area contributed by atoms with Crippen molar-refractivity contribution in [2.75, 3.05) is 0 Å². The largest absolute Gasteiger partial charge is 0.489 e. The summed E-state index contributed by atoms with van der Waals surface area (Å²) >= 11 is 19.5. The molecule has 5 aromatic rings. The Balaban J connectivity index is 1.24. The first-order valence-corrected chi connectivity index (χ1v) is 13.2. The third-order valence-corrected chi connectivity index (χ3v) is 7.41. The van der Waals surface area contributed by atoms with Crippen LogP contribution in [0.3, 0.4) is 0 Å². The summed E-state index contributed by atoms with van der Waals surface area (Å²) < 4.78 is 17.3. The molecule has 1 aliphatic carbocycles. The lowest BCUT2D eigenvalue weighted by molar-refractivity contribution is 0.0697. The van der Waals surface area contributed by atoms with Crippen LogP contribution in [0.25, 0.3) is 33.8 Å². The summed E-state index contributed by atoms with van der Waals surface area (Å²) in [5, 5.41) is 19.0. The fraction of sp³-hybridized carbons (Fsp3) is 0.138. The van der Waals surface area contributed by atoms with E-state index in [1.807, 2.05) is 0 Å². The van der Waals surface area contributed by atoms with Crippen molar-refractivity contribution in [3.63, 3.8) is 0 Å². The van der Waals surface area contributed by atoms with Gasteiger partial charge in [0, 0.05) is 28.7 Å². The van der Waals surface area contributed by atoms with E-state index in [0.29, 0.717) is 60.6 Å². The number of hydrogen-bond donors (Lipinski definition) is 1. The van der Waals surface area contributed by atoms with Crippen molar-refractivity contribution < 1.29 is 23.7 Å². The van der Waals surface area contributed by atoms with Crippen molar-refractivity contribution in [1.82, 2.24) is 10.3 Å². The smallest absolute Gasteiger partial charge is 0.335 e. The van der Waals surface area contributed by atoms with E-state index in [9.17, 15) is 9.90 Å². The van der Waals surface area contributed by atoms with E-state index in [2.05, 4.69) is 10.3 Å². The van der Waals surface area contributed by atoms with Crippen LogP contribution in [0.5, 0.6) is 5.75 Å². The van der Waals surface area contributed by atoms with Gasteiger partial charge in [-0.2, -0.15) is 0 Å². The Morgan fingerprint density at radius 3 is 2.41 bits per heavy atom. The SMILES string of the molecule is O=C(O)c1cccc(-c2cc(-c3ccc(OCc4c(-c5c(Cl)cccc5Cl)noc4C4CC4)cc3Cl)no2)c1. The number of carboxylic acid groups (broad SMARTS) is 1. The van der Waals surface area contributed by atoms with Crippen molar-refractivity contribution in [3.8, 4) is 39.6 Å². The monoisotopic (exact) mass is 580 g/mol. The summed E-state index contributed by atoms with van der Waals surface area (Å²) in [4.78, 5) is 11.3. The van der Waals surface area contributed by atoms with Crippen LogP contribution in [0.2, 0.25) is 15.1 Å². The lowest BCUT2D eigenvalue weighted by Crippen LogP contribution is -2.00. The highest BCUT2D eigenvalue weighted by Gasteiger charge is 2.33. The van der Waals surface area contributed by atoms with E-state index in [0.717, 1.165) is 24.2 Å². The Hall–Kier alpha value is -3.78. The van der Waals surface area contributed by atoms with Gasteiger partial charge in [0.1, 0.15) is 29.5 Å². The lowest BCUT2D eigenvalue weighted by atomic mass is 10.0. The second kappa shape index (κ2) is 10.4. The normalized spacial score (nSPS) is 13.0. The molecule has 0 radical (unpaired) electrons. The molecule has 1 saturated carbocycles. The topological polar surface area (TPSA) is 98.6 Å². The molecule has 0 atom stereocenters. The first kappa shape index (κ1) is 25.5. The first-order chi connectivity index (χ1) is 18.9. The standard InChI is InChI=1S/C29H19Cl3N2O5/c30-21-5-2-6-22(31)26(21)27-20(28(39-34-27)15-7-8-15)14-37-18-9-10-19(23(32)12-18)24-13-25(38-33-24)16-3-1-4-17(11-16)29(35)36/h1-6,9-13,15H,7-8,14H2,(H,35,36). The molecule has 1 N–H and O–H groups in total. The van der Waals surface area contributed by atoms with Gasteiger partial charge in [-0.15, -0.1) is 0 Å². The third-order valence-electron chi connectivity index (χ3n) is 6.47. The average molecular weight is 582 g/mol. The Labute approximate surface area is 237 Å². The Morgan fingerprint density at radius 1 is 0.923 bits per heavy atom. The van der Waals surface area contributed by atoms with E-state index in [4.69, 9.17) is 48.6 Å². The number of ether oxygens (including phenoxy) is 1. The molecular weight excluding hydrogens is 563 g/mol. The maximum atomic E-state index is 11.3. The van der Waals surface area contributed by atoms with Gasteiger partial charge in [0.25, 0.3) is 0 Å². The number of aromatic carboxylic acids is 1. The van der Waals surface area contributed by atoms with Crippen LogP contribution in [0, 0.1) is 0 Å². The Kier molecular flexibility index (Phi) is 6.81. The molecule has 2 aromatic heterocycles. The minimum absolute atomic E-state index is 0.155. The highest BCUT2D eigenvalue weighted by molar-refractivity contribution is 6.39. The van der Waals surface area contributed by atoms with E-state index < -0.39 is 5.97 Å². The molecule has 7 nitrogen and oxygen atoms in total. The van der Waals surface area contributed by atoms with Crippen molar-refractivity contribution in [3.05, 3.63) is 98.7 Å². The highest BCUT2D eigenvalue weighted by Crippen LogP contribution is 2.46. The van der Waals surface area contributed by atoms with Gasteiger partial charge in [-0.25, -0.2) is 4.79 Å². The Bertz CT molecular complexity index is 1690. The van der Waals surface area contributed by atoms with Gasteiger partial charge < -0.3 is 18.9 Å². The number of carboxylic acids is 1. The molecule has 6 rings (SSSR count). The van der Waals surface area contributed by atoms with Crippen LogP contribution >= 0.6 is 34.8 Å². The molecule has 39 heavy (non-hydrogen) atoms. The molecule has 196 valence electrons. The van der Waals surface area contributed by atoms with Crippen LogP contribution in [0.15, 0.2) is 75.8 Å². The summed E-state index contributed by atoms with van der Waals surface area (Å²) in [6.07, 6.45) is 2.05. The summed E-state index contributed by atoms with van der Waals surface area (Å²) in [6.45, 7) is 0.190. The fourth-order valence-electron chi connectivity index (χ4n) is 4.34. The summed E-state index contributed by atoms with van der Waals surface area (Å²) in [7, 11) is 0. The van der Waals surface area contributed by atoms with Crippen molar-refractivity contribution in [2.24, 2.45) is 0 Å². The second-order valence-corrected chi connectivity index (χ2v) is 10.4. The molecule has 0 amide bonds. The zero-order valence-corrected chi connectivity index (χ0v) is 22.4. The van der Waals surface area contributed by atoms with Gasteiger partial charge in [0.2, 0.25) is 0 Å². The maximum absolute atomic E-state index is 11.3. The summed E-state index contributed by atoms with van der Waals surface area (Å²) in [5.74, 6) is 1.03. The van der Waals surface area contributed by atoms with Gasteiger partial charge in [-0.05, 0) is 55.3 Å². The number of rotatable bonds is 8. The van der Waals surface area contributed by atoms with Crippen LogP contribution in [0.4, 0.5) is 0 Å². The Morgan fingerprint density at radius 2 is 1.69 bits per heavy atom. The van der Waals surface area contributed by atoms with Crippen molar-refractivity contribution in [2.45, 2.75) is 25.4 Å². The predicted molar refractivity (Wildman–Crippen MR) is 148 cm³/mol. The summed E-state index contributed by atoms with van der Waals surface area (Å²) in [6, 6.07) is 18.7. The molecule has 0 saturated heterocycles. The summed E-state index contributed by atoms with van der Waals surface area (Å²) in [5.41, 5.74) is 3.88. The molecule has 0 unspecified atom stereocenters. The predicted octanol–water partition coefficient (Wildman–Crippen LogP) is 8.78. The zero-order valence-electron chi connectivity index (χ0n) is 20.2. The molecule has 3 aromatic carbocycles. The van der Waals surface area contributed by atoms with Crippen LogP contribution in [-0.2, 0) is 6.61 Å². The van der Waals surface area contributed by atoms with Crippen molar-refractivity contribution >= 4 is 40.8 Å². The minimum Gasteiger partial charge on any atom is -0.489 e. The third kappa shape index (κ3) is 5.13. The lowest BCUT2D eigenvalue weighted by Gasteiger charge is -2.10. The fourth-order valence-corrected chi connectivity index (χ4v) is 5.18. The first-order valence-electron chi connectivity index (χ1n) is 12.0. The molecule has 0 aliphatic heterocycles. The van der Waals surface area contributed by atoms with Crippen LogP contribution in [0.1, 0.15) is 40.4 Å². The number of halogens is 3. The van der Waals surface area contributed by atoms with Crippen molar-refractivity contribution in [1.29, 1.82) is 0 Å². The molecule has 1 aliphatic rings. The van der Waals surface area contributed by atoms with E-state index in [1.54, 1.807) is 54.6 Å². The van der Waals surface area contributed by atoms with Gasteiger partial charge >= 0.3 is 5.97 Å². The number of benzene rings is 3. The van der Waals surface area contributed by atoms with E-state index >= 15 is 0 Å². The number of hydrogen-bond acceptors (Lipinski definition) is 6. The van der Waals surface area contributed by atoms with E-state index in [-0.39, 0.29) is 12.2 Å². The molecule has 0 bridgehead atoms. The maximum Gasteiger partial charge on any atom is 0.335 e. The molecule has 2 heterocycles. The highest BCUT2D eigenvalue weighted by atomic mass is 35.5. The minimum atomic E-state index is -1.02. The van der Waals surface area contributed by atoms with Crippen LogP contribution in [-0.4, -0.2) is 21.4 Å². The van der Waals surface area contributed by atoms with Gasteiger partial charge in [-0.3, -0.25) is 0 Å². The molecule has 0 spiro atoms. The van der Waals surface area contributed by atoms with Gasteiger partial charge in [-0.1, -0.05) is 63.3 Å². The number of nitrogens with zero attached hydrogens (tertiary/aromatic N) is 2. The van der Waals surface area contributed by atoms with Gasteiger partial charge in [0.15, 0.2) is 5.76 Å². The quantitative estimate of drug-likeness (QED) is 0.195. The van der Waals surface area contributed by atoms with Gasteiger partial charge in [0.05, 0.1) is 26.2 Å². The molecule has 10 heteroatoms.